The lowest BCUT2D eigenvalue weighted by Gasteiger charge is -2.32. The van der Waals surface area contributed by atoms with Gasteiger partial charge in [-0.15, -0.1) is 16.0 Å². The van der Waals surface area contributed by atoms with Gasteiger partial charge in [-0.3, -0.25) is 9.69 Å². The van der Waals surface area contributed by atoms with E-state index in [1.165, 1.54) is 53.5 Å². The van der Waals surface area contributed by atoms with E-state index in [4.69, 9.17) is 24.5 Å². The number of carbonyl (C=O) groups excluding carboxylic acids is 3. The summed E-state index contributed by atoms with van der Waals surface area (Å²) >= 11 is 1.23. The molecule has 0 spiro atoms. The third kappa shape index (κ3) is 11.5. The van der Waals surface area contributed by atoms with Crippen molar-refractivity contribution in [3.63, 3.8) is 0 Å². The predicted molar refractivity (Wildman–Crippen MR) is 206 cm³/mol. The van der Waals surface area contributed by atoms with Crippen LogP contribution in [-0.4, -0.2) is 74.2 Å². The lowest BCUT2D eigenvalue weighted by atomic mass is 9.82. The highest BCUT2D eigenvalue weighted by molar-refractivity contribution is 7.10. The fraction of sp³-hybridized carbons (Fsp3) is 0.350. The molecule has 5 aromatic rings. The molecule has 19 heteroatoms. The average Bonchev–Trinajstić information content (AvgIpc) is 3.87. The van der Waals surface area contributed by atoms with Gasteiger partial charge in [-0.05, 0) is 57.2 Å². The number of anilines is 1. The highest BCUT2D eigenvalue weighted by Crippen LogP contribution is 2.41. The maximum atomic E-state index is 15.4. The summed E-state index contributed by atoms with van der Waals surface area (Å²) in [4.78, 5) is 49.3. The van der Waals surface area contributed by atoms with Gasteiger partial charge in [0.2, 0.25) is 12.6 Å². The van der Waals surface area contributed by atoms with Crippen LogP contribution in [0.25, 0.3) is 11.3 Å². The highest BCUT2D eigenvalue weighted by Gasteiger charge is 2.43. The molecule has 5 rings (SSSR count). The van der Waals surface area contributed by atoms with Crippen LogP contribution in [0.3, 0.4) is 0 Å². The fourth-order valence-electron chi connectivity index (χ4n) is 5.70. The number of nitriles is 1. The number of likely N-dealkylation sites (N-methyl/N-ethyl adjacent to an activating group) is 1. The van der Waals surface area contributed by atoms with Crippen LogP contribution in [-0.2, 0) is 37.8 Å². The zero-order chi connectivity index (χ0) is 42.4. The first-order valence-corrected chi connectivity index (χ1v) is 18.8. The van der Waals surface area contributed by atoms with Gasteiger partial charge in [0.05, 0.1) is 22.3 Å². The number of ether oxygens (including phenoxy) is 3. The first kappa shape index (κ1) is 46.1. The minimum Gasteiger partial charge on any atom is -1.00 e. The van der Waals surface area contributed by atoms with Crippen LogP contribution >= 0.6 is 11.3 Å². The molecule has 0 saturated heterocycles. The summed E-state index contributed by atoms with van der Waals surface area (Å²) in [5.74, 6) is -3.02. The van der Waals surface area contributed by atoms with Gasteiger partial charge in [-0.1, -0.05) is 25.1 Å². The standard InChI is InChI=1S/C40H43F2N8O7S.HI/c1-25(36-46-33(21-58-36)28-12-10-27(18-43)11-13-28)40(54,31-17-30(41)14-15-32(31)42)22-50-24-49(23-45-50)26(2)56-38(53)48(7)35-29(9-8-16-44-35)20-55-34(51)19-47(6)37(52)57-39(3,4)5;/h8-17,21,23-26,54H,19-20,22H2,1-7H3;1H/q+1;/p-1/t25-,26?,40+;/m1./s1. The molecule has 1 unspecified atom stereocenters. The molecular formula is C40H43F2IN8O7S. The maximum Gasteiger partial charge on any atom is 0.418 e. The Labute approximate surface area is 360 Å². The van der Waals surface area contributed by atoms with E-state index in [2.05, 4.69) is 16.2 Å². The third-order valence-electron chi connectivity index (χ3n) is 8.93. The molecule has 59 heavy (non-hydrogen) atoms. The zero-order valence-corrected chi connectivity index (χ0v) is 36.3. The van der Waals surface area contributed by atoms with Crippen molar-refractivity contribution in [3.8, 4) is 17.3 Å². The van der Waals surface area contributed by atoms with Gasteiger partial charge in [0, 0.05) is 60.3 Å². The molecule has 15 nitrogen and oxygen atoms in total. The van der Waals surface area contributed by atoms with Crippen LogP contribution in [0.4, 0.5) is 24.2 Å². The molecule has 0 aliphatic rings. The number of pyridine rings is 1. The molecule has 0 radical (unpaired) electrons. The Morgan fingerprint density at radius 2 is 1.78 bits per heavy atom. The number of rotatable bonds is 13. The second kappa shape index (κ2) is 19.4. The Hall–Kier alpha value is -5.59. The second-order valence-corrected chi connectivity index (χ2v) is 15.3. The summed E-state index contributed by atoms with van der Waals surface area (Å²) in [6.45, 7) is 7.36. The SMILES string of the molecule is CC(OC(=O)N(C)c1ncccc1COC(=O)CN(C)C(=O)OC(C)(C)C)[n+]1cnn(C[C@@](O)(c2cc(F)ccc2F)[C@H](C)c2nc(-c3ccc(C#N)cc3)cs2)c1.[I-]. The van der Waals surface area contributed by atoms with Crippen LogP contribution < -0.4 is 33.4 Å². The Balaban J connectivity index is 0.00000769. The van der Waals surface area contributed by atoms with Crippen LogP contribution in [0.1, 0.15) is 68.5 Å². The van der Waals surface area contributed by atoms with Crippen molar-refractivity contribution in [2.24, 2.45) is 0 Å². The largest absolute Gasteiger partial charge is 1.00 e. The molecular weight excluding hydrogens is 901 g/mol. The molecule has 2 aromatic carbocycles. The van der Waals surface area contributed by atoms with E-state index in [0.29, 0.717) is 21.8 Å². The topological polar surface area (TPSA) is 177 Å². The van der Waals surface area contributed by atoms with E-state index >= 15 is 4.39 Å². The summed E-state index contributed by atoms with van der Waals surface area (Å²) in [7, 11) is 2.83. The number of carbonyl (C=O) groups is 3. The van der Waals surface area contributed by atoms with Crippen LogP contribution in [0.15, 0.2) is 78.8 Å². The van der Waals surface area contributed by atoms with Gasteiger partial charge in [0.25, 0.3) is 6.33 Å². The van der Waals surface area contributed by atoms with Gasteiger partial charge in [0.1, 0.15) is 48.4 Å². The van der Waals surface area contributed by atoms with Gasteiger partial charge in [-0.25, -0.2) is 28.3 Å². The number of aliphatic hydroxyl groups is 1. The number of thiazole rings is 1. The van der Waals surface area contributed by atoms with Crippen molar-refractivity contribution < 1.29 is 71.0 Å². The van der Waals surface area contributed by atoms with Gasteiger partial charge >= 0.3 is 18.2 Å². The molecule has 1 N–H and O–H groups in total. The molecule has 3 heterocycles. The van der Waals surface area contributed by atoms with Crippen LogP contribution in [0.5, 0.6) is 0 Å². The lowest BCUT2D eigenvalue weighted by Crippen LogP contribution is -3.00. The molecule has 3 aromatic heterocycles. The Morgan fingerprint density at radius 3 is 2.46 bits per heavy atom. The minimum absolute atomic E-state index is 0. The minimum atomic E-state index is -2.07. The van der Waals surface area contributed by atoms with E-state index in [0.717, 1.165) is 33.6 Å². The Morgan fingerprint density at radius 1 is 1.07 bits per heavy atom. The number of hydrogen-bond donors (Lipinski definition) is 1. The Bertz CT molecular complexity index is 2310. The maximum absolute atomic E-state index is 15.4. The number of aromatic nitrogens is 5. The van der Waals surface area contributed by atoms with E-state index in [1.807, 2.05) is 0 Å². The van der Waals surface area contributed by atoms with Crippen LogP contribution in [0.2, 0.25) is 0 Å². The molecule has 0 fully saturated rings. The molecule has 312 valence electrons. The lowest BCUT2D eigenvalue weighted by molar-refractivity contribution is -0.753. The highest BCUT2D eigenvalue weighted by atomic mass is 127. The van der Waals surface area contributed by atoms with Gasteiger partial charge in [0.15, 0.2) is 0 Å². The Kier molecular flexibility index (Phi) is 15.2. The molecule has 2 amide bonds. The normalized spacial score (nSPS) is 13.2. The van der Waals surface area contributed by atoms with Crippen molar-refractivity contribution >= 4 is 35.3 Å². The third-order valence-corrected chi connectivity index (χ3v) is 9.95. The van der Waals surface area contributed by atoms with Crippen molar-refractivity contribution in [1.29, 1.82) is 5.26 Å². The van der Waals surface area contributed by atoms with E-state index in [1.54, 1.807) is 76.4 Å². The summed E-state index contributed by atoms with van der Waals surface area (Å²) in [6, 6.07) is 14.9. The van der Waals surface area contributed by atoms with Crippen molar-refractivity contribution in [3.05, 3.63) is 112 Å². The first-order valence-electron chi connectivity index (χ1n) is 17.9. The monoisotopic (exact) mass is 944 g/mol. The smallest absolute Gasteiger partial charge is 0.418 e. The van der Waals surface area contributed by atoms with E-state index < -0.39 is 53.1 Å². The summed E-state index contributed by atoms with van der Waals surface area (Å²) < 4.78 is 49.0. The predicted octanol–water partition coefficient (Wildman–Crippen LogP) is 3.24. The van der Waals surface area contributed by atoms with E-state index in [-0.39, 0.29) is 55.1 Å². The quantitative estimate of drug-likeness (QED) is 0.0794. The molecule has 0 aliphatic carbocycles. The summed E-state index contributed by atoms with van der Waals surface area (Å²) in [5.41, 5.74) is -0.932. The average molecular weight is 945 g/mol. The molecule has 3 atom stereocenters. The van der Waals surface area contributed by atoms with Crippen LogP contribution in [0, 0.1) is 23.0 Å². The number of nitrogens with zero attached hydrogens (tertiary/aromatic N) is 8. The number of amides is 2. The summed E-state index contributed by atoms with van der Waals surface area (Å²) in [6.07, 6.45) is 1.77. The zero-order valence-electron chi connectivity index (χ0n) is 33.3. The van der Waals surface area contributed by atoms with E-state index in [9.17, 15) is 23.9 Å². The van der Waals surface area contributed by atoms with Crippen molar-refractivity contribution in [1.82, 2.24) is 24.6 Å². The van der Waals surface area contributed by atoms with Gasteiger partial charge in [-0.2, -0.15) is 9.83 Å². The first-order chi connectivity index (χ1) is 27.4. The molecule has 0 bridgehead atoms. The number of esters is 1. The van der Waals surface area contributed by atoms with Crippen molar-refractivity contribution in [2.75, 3.05) is 25.5 Å². The number of benzene rings is 2. The number of hydrogen-bond acceptors (Lipinski definition) is 12. The van der Waals surface area contributed by atoms with Gasteiger partial charge < -0.3 is 48.2 Å². The number of halogens is 3. The fourth-order valence-corrected chi connectivity index (χ4v) is 6.67. The molecule has 0 aliphatic heterocycles. The molecule has 0 saturated carbocycles. The van der Waals surface area contributed by atoms with Crippen molar-refractivity contribution in [2.45, 2.75) is 71.1 Å². The summed E-state index contributed by atoms with van der Waals surface area (Å²) in [5, 5.41) is 28.0. The second-order valence-electron chi connectivity index (χ2n) is 14.4.